The number of fused-ring (bicyclic) bond motifs is 5. The smallest absolute Gasteiger partial charge is 0.122 e. The molecule has 0 saturated carbocycles. The zero-order valence-corrected chi connectivity index (χ0v) is 23.1. The zero-order chi connectivity index (χ0) is 27.3. The van der Waals surface area contributed by atoms with Gasteiger partial charge in [0.2, 0.25) is 0 Å². The largest absolute Gasteiger partial charge is 0.496 e. The lowest BCUT2D eigenvalue weighted by Gasteiger charge is -2.25. The molecule has 2 N–H and O–H groups in total. The highest BCUT2D eigenvalue weighted by molar-refractivity contribution is 6.12. The van der Waals surface area contributed by atoms with Gasteiger partial charge in [0.1, 0.15) is 5.75 Å². The van der Waals surface area contributed by atoms with Crippen LogP contribution in [-0.2, 0) is 19.3 Å². The van der Waals surface area contributed by atoms with E-state index in [2.05, 4.69) is 96.0 Å². The Kier molecular flexibility index (Phi) is 7.54. The van der Waals surface area contributed by atoms with Crippen molar-refractivity contribution in [2.75, 3.05) is 24.3 Å². The predicted octanol–water partition coefficient (Wildman–Crippen LogP) is 8.65. The Labute approximate surface area is 237 Å². The molecule has 0 radical (unpaired) electrons. The van der Waals surface area contributed by atoms with E-state index in [0.717, 1.165) is 24.4 Å². The van der Waals surface area contributed by atoms with Crippen molar-refractivity contribution in [3.63, 3.8) is 0 Å². The van der Waals surface area contributed by atoms with E-state index in [9.17, 15) is 0 Å². The molecule has 0 unspecified atom stereocenters. The van der Waals surface area contributed by atoms with Crippen molar-refractivity contribution in [3.05, 3.63) is 138 Å². The lowest BCUT2D eigenvalue weighted by molar-refractivity contribution is 0.410. The van der Waals surface area contributed by atoms with E-state index in [4.69, 9.17) is 10.5 Å². The summed E-state index contributed by atoms with van der Waals surface area (Å²) in [6.07, 6.45) is 12.5. The molecular weight excluding hydrogens is 488 g/mol. The van der Waals surface area contributed by atoms with Gasteiger partial charge in [-0.05, 0) is 101 Å². The first kappa shape index (κ1) is 25.8. The van der Waals surface area contributed by atoms with Crippen molar-refractivity contribution in [2.24, 2.45) is 0 Å². The number of anilines is 2. The number of methoxy groups -OCH3 is 1. The normalized spacial score (nSPS) is 14.3. The quantitative estimate of drug-likeness (QED) is 0.189. The van der Waals surface area contributed by atoms with E-state index >= 15 is 0 Å². The Hall–Kier alpha value is -4.50. The molecule has 0 spiro atoms. The monoisotopic (exact) mass is 524 g/mol. The number of nitrogens with two attached hydrogens (primary N) is 1. The van der Waals surface area contributed by atoms with Crippen molar-refractivity contribution < 1.29 is 4.74 Å². The number of rotatable bonds is 4. The van der Waals surface area contributed by atoms with Crippen LogP contribution in [-0.4, -0.2) is 13.7 Å². The molecule has 1 aliphatic heterocycles. The van der Waals surface area contributed by atoms with Gasteiger partial charge in [-0.15, -0.1) is 0 Å². The van der Waals surface area contributed by atoms with Gasteiger partial charge in [-0.25, -0.2) is 0 Å². The second kappa shape index (κ2) is 11.7. The summed E-state index contributed by atoms with van der Waals surface area (Å²) in [6.45, 7) is 0.915. The molecular formula is C37H36N2O. The van der Waals surface area contributed by atoms with Crippen LogP contribution < -0.4 is 15.4 Å². The maximum Gasteiger partial charge on any atom is 0.122 e. The van der Waals surface area contributed by atoms with Crippen LogP contribution in [0.4, 0.5) is 11.4 Å². The molecule has 0 saturated heterocycles. The third-order valence-electron chi connectivity index (χ3n) is 8.09. The molecule has 200 valence electrons. The van der Waals surface area contributed by atoms with Crippen molar-refractivity contribution in [1.29, 1.82) is 0 Å². The average molecular weight is 525 g/mol. The zero-order valence-electron chi connectivity index (χ0n) is 23.1. The van der Waals surface area contributed by atoms with Gasteiger partial charge in [0, 0.05) is 29.5 Å². The van der Waals surface area contributed by atoms with Crippen LogP contribution in [0.5, 0.6) is 5.75 Å². The molecule has 40 heavy (non-hydrogen) atoms. The highest BCUT2D eigenvalue weighted by Crippen LogP contribution is 2.34. The predicted molar refractivity (Wildman–Crippen MR) is 170 cm³/mol. The highest BCUT2D eigenvalue weighted by atomic mass is 16.5. The lowest BCUT2D eigenvalue weighted by Crippen LogP contribution is -2.22. The number of benzene rings is 5. The Morgan fingerprint density at radius 1 is 0.725 bits per heavy atom. The molecule has 0 fully saturated rings. The molecule has 0 amide bonds. The fraction of sp³-hybridized carbons (Fsp3) is 0.189. The number of aryl methyl sites for hydroxylation is 2. The summed E-state index contributed by atoms with van der Waals surface area (Å²) >= 11 is 0. The number of allylic oxidation sites excluding steroid dienone is 2. The summed E-state index contributed by atoms with van der Waals surface area (Å²) in [7, 11) is 1.73. The Balaban J connectivity index is 0.000000145. The molecule has 5 aromatic rings. The molecule has 2 aliphatic rings. The minimum atomic E-state index is 0.872. The Morgan fingerprint density at radius 3 is 2.35 bits per heavy atom. The summed E-state index contributed by atoms with van der Waals surface area (Å²) in [5.74, 6) is 0.958. The molecule has 3 nitrogen and oxygen atoms in total. The topological polar surface area (TPSA) is 38.5 Å². The van der Waals surface area contributed by atoms with Gasteiger partial charge in [0.15, 0.2) is 0 Å². The Morgan fingerprint density at radius 2 is 1.48 bits per heavy atom. The van der Waals surface area contributed by atoms with E-state index < -0.39 is 0 Å². The van der Waals surface area contributed by atoms with Crippen LogP contribution in [0, 0.1) is 0 Å². The van der Waals surface area contributed by atoms with Crippen molar-refractivity contribution in [1.82, 2.24) is 0 Å². The first-order chi connectivity index (χ1) is 19.7. The number of nitrogens with zero attached hydrogens (tertiary/aromatic N) is 1. The first-order valence-corrected chi connectivity index (χ1v) is 14.2. The van der Waals surface area contributed by atoms with Gasteiger partial charge in [-0.2, -0.15) is 0 Å². The average Bonchev–Trinajstić information content (AvgIpc) is 3.02. The van der Waals surface area contributed by atoms with E-state index in [1.54, 1.807) is 18.2 Å². The summed E-state index contributed by atoms with van der Waals surface area (Å²) in [5.41, 5.74) is 13.9. The van der Waals surface area contributed by atoms with Gasteiger partial charge in [0.25, 0.3) is 0 Å². The van der Waals surface area contributed by atoms with E-state index in [1.165, 1.54) is 64.1 Å². The number of para-hydroxylation sites is 2. The number of hydrogen-bond donors (Lipinski definition) is 1. The first-order valence-electron chi connectivity index (χ1n) is 14.2. The minimum Gasteiger partial charge on any atom is -0.496 e. The third-order valence-corrected chi connectivity index (χ3v) is 8.09. The minimum absolute atomic E-state index is 0.872. The summed E-state index contributed by atoms with van der Waals surface area (Å²) in [6, 6.07) is 33.9. The number of hydrogen-bond acceptors (Lipinski definition) is 3. The molecule has 0 bridgehead atoms. The number of nitrogen functional groups attached to an aromatic ring is 1. The van der Waals surface area contributed by atoms with Gasteiger partial charge >= 0.3 is 0 Å². The Bertz CT molecular complexity index is 1700. The molecule has 7 rings (SSSR count). The molecule has 3 heteroatoms. The third kappa shape index (κ3) is 5.33. The maximum atomic E-state index is 6.09. The summed E-state index contributed by atoms with van der Waals surface area (Å²) in [5, 5.41) is 5.23. The lowest BCUT2D eigenvalue weighted by atomic mass is 9.86. The van der Waals surface area contributed by atoms with Crippen LogP contribution in [0.1, 0.15) is 29.5 Å². The van der Waals surface area contributed by atoms with Crippen LogP contribution >= 0.6 is 0 Å². The fourth-order valence-electron chi connectivity index (χ4n) is 6.06. The standard InChI is InChI=1S/C19H19NO.C18H17N/c1-21-19-12-6-5-9-17(19)14-16-8-7-13-20(15-16)18-10-3-2-4-11-18;19-18-7-3-6-14-16-9-8-12-4-1-2-5-13(12)15(16)10-11-17(14)18/h2-13H,14-15H2,1H3;3,6-11H,1-2,4-5,19H2. The van der Waals surface area contributed by atoms with Gasteiger partial charge in [0.05, 0.1) is 7.11 Å². The molecule has 0 atom stereocenters. The molecule has 0 aromatic heterocycles. The van der Waals surface area contributed by atoms with Crippen LogP contribution in [0.3, 0.4) is 0 Å². The summed E-state index contributed by atoms with van der Waals surface area (Å²) in [4.78, 5) is 2.27. The maximum absolute atomic E-state index is 6.09. The van der Waals surface area contributed by atoms with Crippen molar-refractivity contribution in [3.8, 4) is 5.75 Å². The van der Waals surface area contributed by atoms with E-state index in [-0.39, 0.29) is 0 Å². The summed E-state index contributed by atoms with van der Waals surface area (Å²) < 4.78 is 5.44. The van der Waals surface area contributed by atoms with E-state index in [0.29, 0.717) is 0 Å². The SMILES string of the molecule is COc1ccccc1CC1=CC=CN(c2ccccc2)C1.Nc1cccc2c1ccc1c3c(ccc12)CCCC3. The second-order valence-corrected chi connectivity index (χ2v) is 10.6. The van der Waals surface area contributed by atoms with Gasteiger partial charge < -0.3 is 15.4 Å². The van der Waals surface area contributed by atoms with Crippen LogP contribution in [0.15, 0.2) is 121 Å². The molecule has 1 heterocycles. The second-order valence-electron chi connectivity index (χ2n) is 10.6. The highest BCUT2D eigenvalue weighted by Gasteiger charge is 2.14. The number of ether oxygens (including phenoxy) is 1. The van der Waals surface area contributed by atoms with Crippen LogP contribution in [0.2, 0.25) is 0 Å². The van der Waals surface area contributed by atoms with Crippen molar-refractivity contribution >= 4 is 32.9 Å². The fourth-order valence-corrected chi connectivity index (χ4v) is 6.06. The molecule has 1 aliphatic carbocycles. The van der Waals surface area contributed by atoms with Crippen LogP contribution in [0.25, 0.3) is 21.5 Å². The van der Waals surface area contributed by atoms with Crippen molar-refractivity contribution in [2.45, 2.75) is 32.1 Å². The van der Waals surface area contributed by atoms with Gasteiger partial charge in [-0.1, -0.05) is 78.9 Å². The van der Waals surface area contributed by atoms with E-state index in [1.807, 2.05) is 24.3 Å². The van der Waals surface area contributed by atoms with Gasteiger partial charge in [-0.3, -0.25) is 0 Å². The molecule has 5 aromatic carbocycles.